The van der Waals surface area contributed by atoms with E-state index in [9.17, 15) is 14.0 Å². The Morgan fingerprint density at radius 3 is 2.65 bits per heavy atom. The smallest absolute Gasteiger partial charge is 0.337 e. The van der Waals surface area contributed by atoms with Crippen LogP contribution in [0.1, 0.15) is 33.4 Å². The molecule has 2 aromatic carbocycles. The van der Waals surface area contributed by atoms with Gasteiger partial charge in [-0.05, 0) is 36.4 Å². The van der Waals surface area contributed by atoms with Crippen molar-refractivity contribution >= 4 is 17.7 Å². The molecular formula is C22H21FN4O4. The molecular weight excluding hydrogens is 403 g/mol. The van der Waals surface area contributed by atoms with Crippen molar-refractivity contribution < 1.29 is 23.5 Å². The van der Waals surface area contributed by atoms with Crippen molar-refractivity contribution in [1.29, 1.82) is 0 Å². The van der Waals surface area contributed by atoms with Gasteiger partial charge in [0.15, 0.2) is 0 Å². The highest BCUT2D eigenvalue weighted by atomic mass is 19.1. The van der Waals surface area contributed by atoms with E-state index in [-0.39, 0.29) is 0 Å². The lowest BCUT2D eigenvalue weighted by Crippen LogP contribution is -2.43. The summed E-state index contributed by atoms with van der Waals surface area (Å²) in [5, 5.41) is 2.81. The maximum absolute atomic E-state index is 14.9. The molecule has 0 aliphatic carbocycles. The summed E-state index contributed by atoms with van der Waals surface area (Å²) in [6, 6.07) is 9.78. The molecule has 0 saturated heterocycles. The van der Waals surface area contributed by atoms with Crippen LogP contribution in [-0.4, -0.2) is 47.6 Å². The summed E-state index contributed by atoms with van der Waals surface area (Å²) in [7, 11) is 2.77. The van der Waals surface area contributed by atoms with Gasteiger partial charge in [0.2, 0.25) is 0 Å². The van der Waals surface area contributed by atoms with E-state index in [0.29, 0.717) is 41.2 Å². The average molecular weight is 424 g/mol. The van der Waals surface area contributed by atoms with E-state index in [1.165, 1.54) is 20.3 Å². The van der Waals surface area contributed by atoms with Crippen LogP contribution in [0.15, 0.2) is 48.8 Å². The number of anilines is 1. The molecule has 0 saturated carbocycles. The van der Waals surface area contributed by atoms with Crippen LogP contribution in [0.5, 0.6) is 5.75 Å². The van der Waals surface area contributed by atoms with E-state index in [2.05, 4.69) is 20.0 Å². The third-order valence-electron chi connectivity index (χ3n) is 5.25. The third-order valence-corrected chi connectivity index (χ3v) is 5.25. The molecule has 8 nitrogen and oxygen atoms in total. The molecule has 9 heteroatoms. The molecule has 2 N–H and O–H groups in total. The van der Waals surface area contributed by atoms with E-state index in [4.69, 9.17) is 4.74 Å². The van der Waals surface area contributed by atoms with Gasteiger partial charge in [-0.3, -0.25) is 0 Å². The monoisotopic (exact) mass is 424 g/mol. The molecule has 0 bridgehead atoms. The van der Waals surface area contributed by atoms with Crippen molar-refractivity contribution in [3.05, 3.63) is 77.1 Å². The SMILES string of the molecule is COC(=O)c1ccc(NC(=O)N2CCc3[nH]cnc3[C@@H]2c2ccc(OC)cc2F)cc1. The van der Waals surface area contributed by atoms with Crippen LogP contribution in [0, 0.1) is 5.82 Å². The number of halogens is 1. The number of rotatable bonds is 4. The van der Waals surface area contributed by atoms with Gasteiger partial charge in [0, 0.05) is 36.0 Å². The number of imidazole rings is 1. The fraction of sp³-hybridized carbons (Fsp3) is 0.227. The van der Waals surface area contributed by atoms with Crippen molar-refractivity contribution in [2.75, 3.05) is 26.1 Å². The summed E-state index contributed by atoms with van der Waals surface area (Å²) in [5.74, 6) is -0.559. The first-order valence-corrected chi connectivity index (χ1v) is 9.63. The van der Waals surface area contributed by atoms with E-state index in [1.807, 2.05) is 0 Å². The first-order chi connectivity index (χ1) is 15.0. The molecule has 0 fully saturated rings. The number of nitrogens with one attached hydrogen (secondary N) is 2. The second-order valence-corrected chi connectivity index (χ2v) is 7.00. The molecule has 4 rings (SSSR count). The molecule has 0 spiro atoms. The second kappa shape index (κ2) is 8.47. The standard InChI is InChI=1S/C22H21FN4O4/c1-30-15-7-8-16(17(23)11-15)20-19-18(24-12-25-19)9-10-27(20)22(29)26-14-5-3-13(4-6-14)21(28)31-2/h3-8,11-12,20H,9-10H2,1-2H3,(H,24,25)(H,26,29)/t20-/m0/s1. The van der Waals surface area contributed by atoms with Crippen LogP contribution in [0.25, 0.3) is 0 Å². The number of fused-ring (bicyclic) bond motifs is 1. The number of H-pyrrole nitrogens is 1. The van der Waals surface area contributed by atoms with Crippen molar-refractivity contribution in [2.45, 2.75) is 12.5 Å². The average Bonchev–Trinajstić information content (AvgIpc) is 3.27. The van der Waals surface area contributed by atoms with Gasteiger partial charge in [0.25, 0.3) is 0 Å². The summed E-state index contributed by atoms with van der Waals surface area (Å²) in [5.41, 5.74) is 2.67. The summed E-state index contributed by atoms with van der Waals surface area (Å²) in [6.07, 6.45) is 2.12. The van der Waals surface area contributed by atoms with Gasteiger partial charge in [0.05, 0.1) is 31.8 Å². The van der Waals surface area contributed by atoms with Crippen LogP contribution < -0.4 is 10.1 Å². The number of amides is 2. The highest BCUT2D eigenvalue weighted by Gasteiger charge is 2.35. The number of methoxy groups -OCH3 is 2. The molecule has 2 amide bonds. The number of hydrogen-bond donors (Lipinski definition) is 2. The topological polar surface area (TPSA) is 96.6 Å². The first kappa shape index (κ1) is 20.4. The zero-order valence-corrected chi connectivity index (χ0v) is 17.0. The Kier molecular flexibility index (Phi) is 5.57. The lowest BCUT2D eigenvalue weighted by Gasteiger charge is -2.35. The third kappa shape index (κ3) is 3.94. The summed E-state index contributed by atoms with van der Waals surface area (Å²) >= 11 is 0. The predicted molar refractivity (Wildman–Crippen MR) is 111 cm³/mol. The van der Waals surface area contributed by atoms with Gasteiger partial charge in [-0.15, -0.1) is 0 Å². The fourth-order valence-corrected chi connectivity index (χ4v) is 3.67. The molecule has 2 heterocycles. The molecule has 0 unspecified atom stereocenters. The number of urea groups is 1. The minimum Gasteiger partial charge on any atom is -0.497 e. The van der Waals surface area contributed by atoms with Crippen molar-refractivity contribution in [2.24, 2.45) is 0 Å². The Bertz CT molecular complexity index is 1110. The van der Waals surface area contributed by atoms with Crippen LogP contribution in [-0.2, 0) is 11.2 Å². The zero-order chi connectivity index (χ0) is 22.0. The van der Waals surface area contributed by atoms with Crippen LogP contribution in [0.4, 0.5) is 14.9 Å². The molecule has 1 aliphatic heterocycles. The Hall–Kier alpha value is -3.88. The lowest BCUT2D eigenvalue weighted by molar-refractivity contribution is 0.0600. The molecule has 0 radical (unpaired) electrons. The number of benzene rings is 2. The van der Waals surface area contributed by atoms with E-state index < -0.39 is 23.9 Å². The van der Waals surface area contributed by atoms with Crippen LogP contribution in [0.3, 0.4) is 0 Å². The Labute approximate surface area is 178 Å². The summed E-state index contributed by atoms with van der Waals surface area (Å²) in [4.78, 5) is 33.7. The van der Waals surface area contributed by atoms with Crippen LogP contribution in [0.2, 0.25) is 0 Å². The molecule has 1 aromatic heterocycles. The van der Waals surface area contributed by atoms with Crippen molar-refractivity contribution in [3.8, 4) is 5.75 Å². The number of ether oxygens (including phenoxy) is 2. The van der Waals surface area contributed by atoms with Crippen LogP contribution >= 0.6 is 0 Å². The Balaban J connectivity index is 1.63. The fourth-order valence-electron chi connectivity index (χ4n) is 3.67. The quantitative estimate of drug-likeness (QED) is 0.625. The molecule has 3 aromatic rings. The van der Waals surface area contributed by atoms with Crippen molar-refractivity contribution in [3.63, 3.8) is 0 Å². The Morgan fingerprint density at radius 2 is 1.97 bits per heavy atom. The number of aromatic amines is 1. The van der Waals surface area contributed by atoms with Gasteiger partial charge in [-0.25, -0.2) is 19.0 Å². The molecule has 1 aliphatic rings. The molecule has 1 atom stereocenters. The number of nitrogens with zero attached hydrogens (tertiary/aromatic N) is 2. The second-order valence-electron chi connectivity index (χ2n) is 7.00. The molecule has 31 heavy (non-hydrogen) atoms. The minimum atomic E-state index is -0.699. The number of aromatic nitrogens is 2. The highest BCUT2D eigenvalue weighted by molar-refractivity contribution is 5.92. The zero-order valence-electron chi connectivity index (χ0n) is 17.0. The number of carbonyl (C=O) groups is 2. The maximum Gasteiger partial charge on any atom is 0.337 e. The van der Waals surface area contributed by atoms with Gasteiger partial charge >= 0.3 is 12.0 Å². The first-order valence-electron chi connectivity index (χ1n) is 9.63. The van der Waals surface area contributed by atoms with E-state index in [0.717, 1.165) is 5.69 Å². The highest BCUT2D eigenvalue weighted by Crippen LogP contribution is 2.36. The molecule has 160 valence electrons. The van der Waals surface area contributed by atoms with Gasteiger partial charge in [-0.1, -0.05) is 0 Å². The van der Waals surface area contributed by atoms with Gasteiger partial charge in [0.1, 0.15) is 17.6 Å². The van der Waals surface area contributed by atoms with Gasteiger partial charge < -0.3 is 24.7 Å². The predicted octanol–water partition coefficient (Wildman–Crippen LogP) is 3.52. The maximum atomic E-state index is 14.9. The lowest BCUT2D eigenvalue weighted by atomic mass is 9.95. The summed E-state index contributed by atoms with van der Waals surface area (Å²) in [6.45, 7) is 0.372. The number of carbonyl (C=O) groups excluding carboxylic acids is 2. The summed E-state index contributed by atoms with van der Waals surface area (Å²) < 4.78 is 24.7. The normalized spacial score (nSPS) is 15.2. The van der Waals surface area contributed by atoms with E-state index in [1.54, 1.807) is 47.6 Å². The van der Waals surface area contributed by atoms with Gasteiger partial charge in [-0.2, -0.15) is 0 Å². The largest absolute Gasteiger partial charge is 0.497 e. The minimum absolute atomic E-state index is 0.324. The Morgan fingerprint density at radius 1 is 1.19 bits per heavy atom. The number of esters is 1. The number of hydrogen-bond acceptors (Lipinski definition) is 5. The van der Waals surface area contributed by atoms with E-state index >= 15 is 0 Å². The van der Waals surface area contributed by atoms with Crippen molar-refractivity contribution in [1.82, 2.24) is 14.9 Å².